The van der Waals surface area contributed by atoms with Gasteiger partial charge in [0.05, 0.1) is 0 Å². The molecule has 1 unspecified atom stereocenters. The molecule has 1 atom stereocenters. The molecule has 6 heteroatoms. The molecule has 1 aromatic rings. The number of hydrogen-bond acceptors (Lipinski definition) is 3. The highest BCUT2D eigenvalue weighted by Gasteiger charge is 2.26. The lowest BCUT2D eigenvalue weighted by Gasteiger charge is -2.35. The number of carbonyl (C=O) groups excluding carboxylic acids is 3. The van der Waals surface area contributed by atoms with Crippen LogP contribution < -0.4 is 5.32 Å². The Balaban J connectivity index is 1.36. The van der Waals surface area contributed by atoms with Gasteiger partial charge >= 0.3 is 0 Å². The topological polar surface area (TPSA) is 69.7 Å². The van der Waals surface area contributed by atoms with Gasteiger partial charge in [-0.25, -0.2) is 0 Å². The highest BCUT2D eigenvalue weighted by Crippen LogP contribution is 2.28. The molecular weight excluding hydrogens is 366 g/mol. The zero-order valence-corrected chi connectivity index (χ0v) is 17.4. The van der Waals surface area contributed by atoms with Gasteiger partial charge in [-0.2, -0.15) is 0 Å². The molecule has 1 N–H and O–H groups in total. The summed E-state index contributed by atoms with van der Waals surface area (Å²) in [7, 11) is 0. The second-order valence-corrected chi connectivity index (χ2v) is 8.40. The first kappa shape index (κ1) is 21.3. The molecular formula is C23H33N3O3. The van der Waals surface area contributed by atoms with Gasteiger partial charge in [0, 0.05) is 50.6 Å². The van der Waals surface area contributed by atoms with Gasteiger partial charge in [-0.15, -0.1) is 0 Å². The number of hydrogen-bond donors (Lipinski definition) is 1. The summed E-state index contributed by atoms with van der Waals surface area (Å²) in [5, 5.41) is 2.89. The minimum absolute atomic E-state index is 0.0314. The molecule has 0 aromatic heterocycles. The van der Waals surface area contributed by atoms with Gasteiger partial charge in [-0.3, -0.25) is 14.4 Å². The minimum atomic E-state index is -0.235. The summed E-state index contributed by atoms with van der Waals surface area (Å²) in [5.41, 5.74) is 0.594. The van der Waals surface area contributed by atoms with E-state index in [1.165, 1.54) is 25.7 Å². The maximum absolute atomic E-state index is 12.6. The van der Waals surface area contributed by atoms with Gasteiger partial charge in [-0.1, -0.05) is 43.9 Å². The van der Waals surface area contributed by atoms with Crippen LogP contribution in [0.4, 0.5) is 0 Å². The van der Waals surface area contributed by atoms with E-state index in [0.29, 0.717) is 38.2 Å². The summed E-state index contributed by atoms with van der Waals surface area (Å²) in [4.78, 5) is 40.9. The molecule has 158 valence electrons. The molecule has 3 rings (SSSR count). The van der Waals surface area contributed by atoms with E-state index in [4.69, 9.17) is 0 Å². The van der Waals surface area contributed by atoms with Crippen molar-refractivity contribution in [2.75, 3.05) is 26.2 Å². The van der Waals surface area contributed by atoms with Crippen LogP contribution in [0.15, 0.2) is 30.3 Å². The standard InChI is InChI=1S/C23H33N3O3/c1-18(24-23(29)20-9-3-2-4-10-20)17-22(28)26-15-13-25(14-16-26)21(27)12-11-19-7-5-6-8-19/h2-4,9-10,18-19H,5-8,11-17H2,1H3,(H,24,29). The molecule has 0 radical (unpaired) electrons. The number of nitrogens with zero attached hydrogens (tertiary/aromatic N) is 2. The van der Waals surface area contributed by atoms with Crippen LogP contribution in [0.3, 0.4) is 0 Å². The van der Waals surface area contributed by atoms with Crippen molar-refractivity contribution in [3.8, 4) is 0 Å². The van der Waals surface area contributed by atoms with Crippen LogP contribution in [0.25, 0.3) is 0 Å². The van der Waals surface area contributed by atoms with E-state index in [2.05, 4.69) is 5.32 Å². The molecule has 2 aliphatic rings. The molecule has 3 amide bonds. The number of amides is 3. The first-order valence-electron chi connectivity index (χ1n) is 10.9. The number of nitrogens with one attached hydrogen (secondary N) is 1. The Kier molecular flexibility index (Phi) is 7.67. The Bertz CT molecular complexity index is 693. The lowest BCUT2D eigenvalue weighted by Crippen LogP contribution is -2.51. The van der Waals surface area contributed by atoms with Crippen LogP contribution in [-0.2, 0) is 9.59 Å². The quantitative estimate of drug-likeness (QED) is 0.766. The summed E-state index contributed by atoms with van der Waals surface area (Å²) < 4.78 is 0. The molecule has 1 saturated carbocycles. The Morgan fingerprint density at radius 1 is 0.966 bits per heavy atom. The summed E-state index contributed by atoms with van der Waals surface area (Å²) in [6, 6.07) is 8.78. The third-order valence-electron chi connectivity index (χ3n) is 6.12. The van der Waals surface area contributed by atoms with Crippen molar-refractivity contribution < 1.29 is 14.4 Å². The van der Waals surface area contributed by atoms with Crippen LogP contribution in [0, 0.1) is 5.92 Å². The fraction of sp³-hybridized carbons (Fsp3) is 0.609. The minimum Gasteiger partial charge on any atom is -0.349 e. The van der Waals surface area contributed by atoms with Crippen molar-refractivity contribution >= 4 is 17.7 Å². The Hall–Kier alpha value is -2.37. The fourth-order valence-corrected chi connectivity index (χ4v) is 4.33. The average Bonchev–Trinajstić information content (AvgIpc) is 3.26. The van der Waals surface area contributed by atoms with E-state index in [-0.39, 0.29) is 30.2 Å². The van der Waals surface area contributed by atoms with Crippen molar-refractivity contribution in [1.82, 2.24) is 15.1 Å². The van der Waals surface area contributed by atoms with Crippen LogP contribution in [-0.4, -0.2) is 59.7 Å². The summed E-state index contributed by atoms with van der Waals surface area (Å²) >= 11 is 0. The van der Waals surface area contributed by atoms with Gasteiger partial charge < -0.3 is 15.1 Å². The van der Waals surface area contributed by atoms with Gasteiger partial charge in [0.1, 0.15) is 0 Å². The van der Waals surface area contributed by atoms with E-state index >= 15 is 0 Å². The zero-order valence-electron chi connectivity index (χ0n) is 17.4. The second-order valence-electron chi connectivity index (χ2n) is 8.40. The van der Waals surface area contributed by atoms with Gasteiger partial charge in [0.15, 0.2) is 0 Å². The maximum Gasteiger partial charge on any atom is 0.251 e. The van der Waals surface area contributed by atoms with E-state index < -0.39 is 0 Å². The Morgan fingerprint density at radius 2 is 1.55 bits per heavy atom. The third kappa shape index (κ3) is 6.31. The average molecular weight is 400 g/mol. The molecule has 29 heavy (non-hydrogen) atoms. The fourth-order valence-electron chi connectivity index (χ4n) is 4.33. The first-order chi connectivity index (χ1) is 14.0. The van der Waals surface area contributed by atoms with Crippen molar-refractivity contribution in [2.24, 2.45) is 5.92 Å². The second kappa shape index (κ2) is 10.4. The van der Waals surface area contributed by atoms with Crippen LogP contribution in [0.5, 0.6) is 0 Å². The molecule has 0 bridgehead atoms. The van der Waals surface area contributed by atoms with Crippen LogP contribution in [0.1, 0.15) is 62.2 Å². The number of piperazine rings is 1. The van der Waals surface area contributed by atoms with Crippen molar-refractivity contribution in [2.45, 2.75) is 57.9 Å². The normalized spacial score (nSPS) is 18.5. The predicted molar refractivity (Wildman–Crippen MR) is 112 cm³/mol. The predicted octanol–water partition coefficient (Wildman–Crippen LogP) is 2.84. The monoisotopic (exact) mass is 399 g/mol. The lowest BCUT2D eigenvalue weighted by atomic mass is 10.0. The molecule has 2 fully saturated rings. The van der Waals surface area contributed by atoms with Gasteiger partial charge in [0.25, 0.3) is 5.91 Å². The summed E-state index contributed by atoms with van der Waals surface area (Å²) in [6.07, 6.45) is 7.09. The van der Waals surface area contributed by atoms with Crippen LogP contribution in [0.2, 0.25) is 0 Å². The third-order valence-corrected chi connectivity index (χ3v) is 6.12. The molecule has 0 spiro atoms. The summed E-state index contributed by atoms with van der Waals surface area (Å²) in [5.74, 6) is 0.828. The number of carbonyl (C=O) groups is 3. The van der Waals surface area contributed by atoms with Crippen molar-refractivity contribution in [3.05, 3.63) is 35.9 Å². The lowest BCUT2D eigenvalue weighted by molar-refractivity contribution is -0.140. The smallest absolute Gasteiger partial charge is 0.251 e. The maximum atomic E-state index is 12.6. The van der Waals surface area contributed by atoms with Crippen molar-refractivity contribution in [1.29, 1.82) is 0 Å². The van der Waals surface area contributed by atoms with E-state index in [9.17, 15) is 14.4 Å². The van der Waals surface area contributed by atoms with Gasteiger partial charge in [0.2, 0.25) is 11.8 Å². The Labute approximate surface area is 173 Å². The highest BCUT2D eigenvalue weighted by atomic mass is 16.2. The van der Waals surface area contributed by atoms with E-state index in [1.807, 2.05) is 34.9 Å². The number of benzene rings is 1. The molecule has 1 aromatic carbocycles. The first-order valence-corrected chi connectivity index (χ1v) is 10.9. The van der Waals surface area contributed by atoms with E-state index in [1.54, 1.807) is 12.1 Å². The molecule has 1 aliphatic carbocycles. The van der Waals surface area contributed by atoms with Crippen molar-refractivity contribution in [3.63, 3.8) is 0 Å². The molecule has 1 saturated heterocycles. The number of rotatable bonds is 7. The zero-order chi connectivity index (χ0) is 20.6. The Morgan fingerprint density at radius 3 is 2.17 bits per heavy atom. The molecule has 6 nitrogen and oxygen atoms in total. The summed E-state index contributed by atoms with van der Waals surface area (Å²) in [6.45, 7) is 4.22. The molecule has 1 heterocycles. The van der Waals surface area contributed by atoms with Crippen LogP contribution >= 0.6 is 0 Å². The van der Waals surface area contributed by atoms with Gasteiger partial charge in [-0.05, 0) is 31.4 Å². The SMILES string of the molecule is CC(CC(=O)N1CCN(C(=O)CCC2CCCC2)CC1)NC(=O)c1ccccc1. The molecule has 1 aliphatic heterocycles. The highest BCUT2D eigenvalue weighted by molar-refractivity contribution is 5.94. The largest absolute Gasteiger partial charge is 0.349 e. The van der Waals surface area contributed by atoms with E-state index in [0.717, 1.165) is 12.3 Å².